The zero-order chi connectivity index (χ0) is 11.5. The molecule has 86 valence electrons. The van der Waals surface area contributed by atoms with Crippen LogP contribution in [0.15, 0.2) is 0 Å². The molecular formula is C11H15N3O2. The topological polar surface area (TPSA) is 81.1 Å². The molecule has 16 heavy (non-hydrogen) atoms. The lowest BCUT2D eigenvalue weighted by Crippen LogP contribution is -2.43. The first-order valence-corrected chi connectivity index (χ1v) is 5.62. The van der Waals surface area contributed by atoms with Crippen LogP contribution in [0, 0.1) is 0 Å². The second-order valence-corrected chi connectivity index (χ2v) is 4.88. The van der Waals surface area contributed by atoms with Crippen LogP contribution in [0.1, 0.15) is 42.1 Å². The van der Waals surface area contributed by atoms with Crippen molar-refractivity contribution in [2.24, 2.45) is 12.8 Å². The van der Waals surface area contributed by atoms with Crippen LogP contribution in [-0.2, 0) is 23.8 Å². The zero-order valence-electron chi connectivity index (χ0n) is 9.23. The van der Waals surface area contributed by atoms with Crippen LogP contribution in [0.2, 0.25) is 0 Å². The van der Waals surface area contributed by atoms with E-state index in [1.54, 1.807) is 4.68 Å². The van der Waals surface area contributed by atoms with Gasteiger partial charge in [-0.2, -0.15) is 5.10 Å². The van der Waals surface area contributed by atoms with E-state index >= 15 is 0 Å². The number of hydrogen-bond acceptors (Lipinski definition) is 3. The highest BCUT2D eigenvalue weighted by atomic mass is 16.4. The Hall–Kier alpha value is -1.36. The van der Waals surface area contributed by atoms with Crippen LogP contribution in [0.3, 0.4) is 0 Å². The molecule has 1 unspecified atom stereocenters. The van der Waals surface area contributed by atoms with Gasteiger partial charge in [0.2, 0.25) is 0 Å². The van der Waals surface area contributed by atoms with Gasteiger partial charge in [-0.3, -0.25) is 4.68 Å². The van der Waals surface area contributed by atoms with Crippen molar-refractivity contribution in [2.75, 3.05) is 0 Å². The van der Waals surface area contributed by atoms with E-state index < -0.39 is 11.5 Å². The molecule has 1 aromatic heterocycles. The predicted octanol–water partition coefficient (Wildman–Crippen LogP) is 0.482. The summed E-state index contributed by atoms with van der Waals surface area (Å²) in [5.74, 6) is -0.489. The van der Waals surface area contributed by atoms with Crippen molar-refractivity contribution in [2.45, 2.75) is 37.1 Å². The van der Waals surface area contributed by atoms with E-state index in [-0.39, 0.29) is 0 Å². The van der Waals surface area contributed by atoms with E-state index in [4.69, 9.17) is 5.73 Å². The molecule has 0 saturated heterocycles. The summed E-state index contributed by atoms with van der Waals surface area (Å²) in [5.41, 5.74) is 7.57. The van der Waals surface area contributed by atoms with Crippen molar-refractivity contribution in [1.82, 2.24) is 9.78 Å². The Kier molecular flexibility index (Phi) is 1.75. The van der Waals surface area contributed by atoms with Gasteiger partial charge in [0, 0.05) is 24.2 Å². The van der Waals surface area contributed by atoms with Crippen LogP contribution < -0.4 is 5.73 Å². The van der Waals surface area contributed by atoms with E-state index in [1.165, 1.54) is 0 Å². The summed E-state index contributed by atoms with van der Waals surface area (Å²) >= 11 is 0. The van der Waals surface area contributed by atoms with Gasteiger partial charge < -0.3 is 10.8 Å². The Balaban J connectivity index is 2.19. The Morgan fingerprint density at radius 3 is 2.88 bits per heavy atom. The summed E-state index contributed by atoms with van der Waals surface area (Å²) in [4.78, 5) is 11.3. The highest BCUT2D eigenvalue weighted by molar-refractivity contribution is 5.82. The summed E-state index contributed by atoms with van der Waals surface area (Å²) in [5, 5.41) is 13.7. The van der Waals surface area contributed by atoms with Gasteiger partial charge in [-0.15, -0.1) is 0 Å². The standard InChI is InChI=1S/C11H15N3O2/c1-14-7-4-5-11(12,10(15)16)8(7)9(13-14)6-2-3-6/h6H,2-5,12H2,1H3,(H,15,16). The number of carbonyl (C=O) groups is 1. The van der Waals surface area contributed by atoms with Gasteiger partial charge in [0.15, 0.2) is 0 Å². The summed E-state index contributed by atoms with van der Waals surface area (Å²) in [6.45, 7) is 0. The fraction of sp³-hybridized carbons (Fsp3) is 0.636. The lowest BCUT2D eigenvalue weighted by Gasteiger charge is -2.19. The minimum atomic E-state index is -1.21. The van der Waals surface area contributed by atoms with E-state index in [0.717, 1.165) is 29.8 Å². The maximum atomic E-state index is 11.3. The van der Waals surface area contributed by atoms with Crippen molar-refractivity contribution >= 4 is 5.97 Å². The molecule has 0 spiro atoms. The number of rotatable bonds is 2. The van der Waals surface area contributed by atoms with Crippen molar-refractivity contribution in [3.8, 4) is 0 Å². The Labute approximate surface area is 93.2 Å². The van der Waals surface area contributed by atoms with Crippen LogP contribution in [0.5, 0.6) is 0 Å². The molecule has 5 heteroatoms. The molecule has 1 heterocycles. The van der Waals surface area contributed by atoms with Gasteiger partial charge in [0.05, 0.1) is 5.69 Å². The van der Waals surface area contributed by atoms with Crippen LogP contribution in [0.25, 0.3) is 0 Å². The number of carboxylic acids is 1. The molecule has 5 nitrogen and oxygen atoms in total. The molecule has 1 fully saturated rings. The first-order chi connectivity index (χ1) is 7.54. The zero-order valence-corrected chi connectivity index (χ0v) is 9.23. The summed E-state index contributed by atoms with van der Waals surface area (Å²) in [6, 6.07) is 0. The van der Waals surface area contributed by atoms with Crippen LogP contribution >= 0.6 is 0 Å². The molecule has 0 bridgehead atoms. The average molecular weight is 221 g/mol. The quantitative estimate of drug-likeness (QED) is 0.761. The Morgan fingerprint density at radius 2 is 2.31 bits per heavy atom. The lowest BCUT2D eigenvalue weighted by molar-refractivity contribution is -0.143. The highest BCUT2D eigenvalue weighted by Gasteiger charge is 2.48. The molecule has 1 saturated carbocycles. The van der Waals surface area contributed by atoms with Crippen molar-refractivity contribution in [1.29, 1.82) is 0 Å². The molecular weight excluding hydrogens is 206 g/mol. The SMILES string of the molecule is Cn1nc(C2CC2)c2c1CCC2(N)C(=O)O. The second-order valence-electron chi connectivity index (χ2n) is 4.88. The lowest BCUT2D eigenvalue weighted by atomic mass is 9.92. The van der Waals surface area contributed by atoms with Gasteiger partial charge in [0.25, 0.3) is 0 Å². The molecule has 0 aliphatic heterocycles. The third-order valence-electron chi connectivity index (χ3n) is 3.74. The van der Waals surface area contributed by atoms with Gasteiger partial charge in [-0.25, -0.2) is 4.79 Å². The largest absolute Gasteiger partial charge is 0.480 e. The van der Waals surface area contributed by atoms with Crippen molar-refractivity contribution < 1.29 is 9.90 Å². The average Bonchev–Trinajstić information content (AvgIpc) is 2.92. The minimum Gasteiger partial charge on any atom is -0.480 e. The first kappa shape index (κ1) is 9.84. The smallest absolute Gasteiger partial charge is 0.328 e. The summed E-state index contributed by atoms with van der Waals surface area (Å²) in [6.07, 6.45) is 3.43. The summed E-state index contributed by atoms with van der Waals surface area (Å²) in [7, 11) is 1.87. The normalized spacial score (nSPS) is 28.1. The van der Waals surface area contributed by atoms with E-state index in [9.17, 15) is 9.90 Å². The highest BCUT2D eigenvalue weighted by Crippen LogP contribution is 2.47. The molecule has 2 aliphatic carbocycles. The maximum absolute atomic E-state index is 11.3. The number of hydrogen-bond donors (Lipinski definition) is 2. The van der Waals surface area contributed by atoms with E-state index in [0.29, 0.717) is 18.8 Å². The number of fused-ring (bicyclic) bond motifs is 1. The Morgan fingerprint density at radius 1 is 1.62 bits per heavy atom. The van der Waals surface area contributed by atoms with E-state index in [1.807, 2.05) is 7.05 Å². The molecule has 0 amide bonds. The van der Waals surface area contributed by atoms with Gasteiger partial charge in [-0.1, -0.05) is 0 Å². The number of nitrogens with two attached hydrogens (primary N) is 1. The van der Waals surface area contributed by atoms with Crippen LogP contribution in [0.4, 0.5) is 0 Å². The summed E-state index contributed by atoms with van der Waals surface area (Å²) < 4.78 is 1.81. The minimum absolute atomic E-state index is 0.440. The number of aryl methyl sites for hydroxylation is 1. The maximum Gasteiger partial charge on any atom is 0.328 e. The molecule has 0 aromatic carbocycles. The number of aromatic nitrogens is 2. The molecule has 3 rings (SSSR count). The van der Waals surface area contributed by atoms with E-state index in [2.05, 4.69) is 5.10 Å². The number of carboxylic acid groups (broad SMARTS) is 1. The molecule has 2 aliphatic rings. The van der Waals surface area contributed by atoms with Crippen molar-refractivity contribution in [3.05, 3.63) is 17.0 Å². The predicted molar refractivity (Wildman–Crippen MR) is 57.0 cm³/mol. The fourth-order valence-electron chi connectivity index (χ4n) is 2.65. The number of nitrogens with zero attached hydrogens (tertiary/aromatic N) is 2. The third-order valence-corrected chi connectivity index (χ3v) is 3.74. The van der Waals surface area contributed by atoms with Crippen LogP contribution in [-0.4, -0.2) is 20.9 Å². The number of aliphatic carboxylic acids is 1. The first-order valence-electron chi connectivity index (χ1n) is 5.62. The van der Waals surface area contributed by atoms with Gasteiger partial charge in [0.1, 0.15) is 5.54 Å². The fourth-order valence-corrected chi connectivity index (χ4v) is 2.65. The molecule has 3 N–H and O–H groups in total. The van der Waals surface area contributed by atoms with Gasteiger partial charge in [-0.05, 0) is 25.7 Å². The monoisotopic (exact) mass is 221 g/mol. The molecule has 1 atom stereocenters. The second kappa shape index (κ2) is 2.85. The van der Waals surface area contributed by atoms with Crippen molar-refractivity contribution in [3.63, 3.8) is 0 Å². The molecule has 0 radical (unpaired) electrons. The Bertz CT molecular complexity index is 476. The van der Waals surface area contributed by atoms with Gasteiger partial charge >= 0.3 is 5.97 Å². The third kappa shape index (κ3) is 1.09. The molecule has 1 aromatic rings.